The molecule has 0 saturated heterocycles. The van der Waals surface area contributed by atoms with Gasteiger partial charge in [0.2, 0.25) is 0 Å². The topological polar surface area (TPSA) is 95.9 Å². The molecule has 0 spiro atoms. The maximum atomic E-state index is 11.8. The van der Waals surface area contributed by atoms with Crippen molar-refractivity contribution < 1.29 is 24.5 Å². The summed E-state index contributed by atoms with van der Waals surface area (Å²) >= 11 is 9.73. The van der Waals surface area contributed by atoms with Crippen LogP contribution >= 0.6 is 47.8 Å². The number of phenolic OH excluding ortho intramolecular Hbond substituents is 1. The van der Waals surface area contributed by atoms with E-state index in [9.17, 15) is 19.8 Å². The maximum Gasteiger partial charge on any atom is 0.408 e. The Bertz CT molecular complexity index is 628. The fraction of sp³-hybridized carbons (Fsp3) is 0.429. The van der Waals surface area contributed by atoms with E-state index in [4.69, 9.17) is 4.74 Å². The highest BCUT2D eigenvalue weighted by Crippen LogP contribution is 2.39. The number of carbonyl (C=O) groups excluding carboxylic acids is 1. The van der Waals surface area contributed by atoms with E-state index in [2.05, 4.69) is 53.1 Å². The number of carbonyl (C=O) groups is 2. The van der Waals surface area contributed by atoms with Gasteiger partial charge in [0.05, 0.1) is 8.95 Å². The van der Waals surface area contributed by atoms with Crippen LogP contribution in [0, 0.1) is 0 Å². The van der Waals surface area contributed by atoms with Crippen LogP contribution in [0.5, 0.6) is 5.75 Å². The number of alkyl carbamates (subject to hydrolysis) is 1. The van der Waals surface area contributed by atoms with Crippen molar-refractivity contribution in [3.05, 3.63) is 25.0 Å². The largest absolute Gasteiger partial charge is 0.506 e. The lowest BCUT2D eigenvalue weighted by Crippen LogP contribution is -2.44. The number of amides is 1. The Morgan fingerprint density at radius 2 is 1.83 bits per heavy atom. The summed E-state index contributed by atoms with van der Waals surface area (Å²) < 4.78 is 6.45. The van der Waals surface area contributed by atoms with Crippen molar-refractivity contribution in [2.45, 2.75) is 38.8 Å². The highest BCUT2D eigenvalue weighted by Gasteiger charge is 2.26. The Morgan fingerprint density at radius 1 is 1.26 bits per heavy atom. The molecule has 0 aliphatic rings. The molecule has 0 aliphatic heterocycles. The zero-order chi connectivity index (χ0) is 17.9. The molecule has 1 unspecified atom stereocenters. The van der Waals surface area contributed by atoms with Crippen LogP contribution in [0.4, 0.5) is 4.79 Å². The minimum absolute atomic E-state index is 0.0451. The van der Waals surface area contributed by atoms with Crippen molar-refractivity contribution in [3.8, 4) is 5.75 Å². The van der Waals surface area contributed by atoms with Gasteiger partial charge in [-0.3, -0.25) is 0 Å². The van der Waals surface area contributed by atoms with Crippen LogP contribution in [0.15, 0.2) is 19.5 Å². The fourth-order valence-corrected chi connectivity index (χ4v) is 4.10. The summed E-state index contributed by atoms with van der Waals surface area (Å²) in [6.07, 6.45) is -0.866. The van der Waals surface area contributed by atoms with Crippen LogP contribution in [0.1, 0.15) is 26.3 Å². The van der Waals surface area contributed by atoms with E-state index in [0.29, 0.717) is 19.0 Å². The van der Waals surface area contributed by atoms with E-state index in [1.807, 2.05) is 0 Å². The van der Waals surface area contributed by atoms with Gasteiger partial charge in [0.15, 0.2) is 0 Å². The molecule has 128 valence electrons. The molecule has 1 rings (SSSR count). The minimum atomic E-state index is -1.21. The highest BCUT2D eigenvalue weighted by molar-refractivity contribution is 9.11. The van der Waals surface area contributed by atoms with Gasteiger partial charge < -0.3 is 20.3 Å². The van der Waals surface area contributed by atoms with Crippen LogP contribution in [-0.2, 0) is 16.0 Å². The number of aliphatic carboxylic acids is 1. The van der Waals surface area contributed by atoms with Crippen molar-refractivity contribution in [3.63, 3.8) is 0 Å². The van der Waals surface area contributed by atoms with Gasteiger partial charge in [-0.2, -0.15) is 0 Å². The number of rotatable bonds is 4. The molecular formula is C14H16Br3NO5. The van der Waals surface area contributed by atoms with E-state index in [1.165, 1.54) is 0 Å². The molecular weight excluding hydrogens is 502 g/mol. The van der Waals surface area contributed by atoms with E-state index >= 15 is 0 Å². The summed E-state index contributed by atoms with van der Waals surface area (Å²) in [5.74, 6) is -1.26. The first-order valence-electron chi connectivity index (χ1n) is 6.50. The third-order valence-electron chi connectivity index (χ3n) is 2.64. The monoisotopic (exact) mass is 515 g/mol. The number of hydrogen-bond donors (Lipinski definition) is 3. The Balaban J connectivity index is 3.00. The van der Waals surface area contributed by atoms with Crippen molar-refractivity contribution in [2.24, 2.45) is 0 Å². The number of halogens is 3. The van der Waals surface area contributed by atoms with E-state index in [-0.39, 0.29) is 12.2 Å². The van der Waals surface area contributed by atoms with Gasteiger partial charge in [-0.25, -0.2) is 9.59 Å². The van der Waals surface area contributed by atoms with Crippen molar-refractivity contribution in [1.82, 2.24) is 5.32 Å². The number of nitrogens with one attached hydrogen (secondary N) is 1. The second-order valence-electron chi connectivity index (χ2n) is 5.72. The van der Waals surface area contributed by atoms with Gasteiger partial charge in [-0.1, -0.05) is 15.9 Å². The second-order valence-corrected chi connectivity index (χ2v) is 8.22. The Kier molecular flexibility index (Phi) is 6.91. The average molecular weight is 518 g/mol. The quantitative estimate of drug-likeness (QED) is 0.556. The molecule has 6 nitrogen and oxygen atoms in total. The molecule has 9 heteroatoms. The van der Waals surface area contributed by atoms with Gasteiger partial charge in [0.25, 0.3) is 0 Å². The summed E-state index contributed by atoms with van der Waals surface area (Å²) in [7, 11) is 0. The van der Waals surface area contributed by atoms with Crippen molar-refractivity contribution in [2.75, 3.05) is 0 Å². The lowest BCUT2D eigenvalue weighted by Gasteiger charge is -2.22. The van der Waals surface area contributed by atoms with Gasteiger partial charge in [-0.05, 0) is 64.3 Å². The van der Waals surface area contributed by atoms with E-state index < -0.39 is 23.7 Å². The van der Waals surface area contributed by atoms with Crippen LogP contribution in [0.2, 0.25) is 0 Å². The number of carboxylic acids is 1. The summed E-state index contributed by atoms with van der Waals surface area (Å²) in [5.41, 5.74) is -0.223. The predicted molar refractivity (Wildman–Crippen MR) is 95.7 cm³/mol. The number of phenols is 1. The maximum absolute atomic E-state index is 11.8. The molecule has 0 aromatic heterocycles. The summed E-state index contributed by atoms with van der Waals surface area (Å²) in [6, 6.07) is 0.389. The van der Waals surface area contributed by atoms with Gasteiger partial charge in [-0.15, -0.1) is 0 Å². The van der Waals surface area contributed by atoms with Gasteiger partial charge in [0.1, 0.15) is 17.4 Å². The molecule has 0 aliphatic carbocycles. The molecule has 1 aromatic rings. The third kappa shape index (κ3) is 5.96. The second kappa shape index (κ2) is 7.85. The fourth-order valence-electron chi connectivity index (χ4n) is 1.66. The third-order valence-corrected chi connectivity index (χ3v) is 4.80. The molecule has 0 radical (unpaired) electrons. The van der Waals surface area contributed by atoms with Crippen molar-refractivity contribution >= 4 is 59.9 Å². The van der Waals surface area contributed by atoms with E-state index in [1.54, 1.807) is 26.8 Å². The Labute approximate surface area is 159 Å². The lowest BCUT2D eigenvalue weighted by molar-refractivity contribution is -0.139. The smallest absolute Gasteiger partial charge is 0.408 e. The lowest BCUT2D eigenvalue weighted by atomic mass is 10.1. The molecule has 0 heterocycles. The molecule has 0 bridgehead atoms. The number of carboxylic acid groups (broad SMARTS) is 1. The van der Waals surface area contributed by atoms with Gasteiger partial charge >= 0.3 is 12.1 Å². The molecule has 0 saturated carbocycles. The molecule has 3 N–H and O–H groups in total. The molecule has 23 heavy (non-hydrogen) atoms. The predicted octanol–water partition coefficient (Wildman–Crippen LogP) is 4.20. The first kappa shape index (κ1) is 20.2. The van der Waals surface area contributed by atoms with Crippen LogP contribution in [-0.4, -0.2) is 33.9 Å². The highest BCUT2D eigenvalue weighted by atomic mass is 79.9. The standard InChI is InChI=1S/C14H16Br3NO5/c1-14(2,3)23-13(22)18-9(12(20)21)4-6-7(15)5-8(16)11(19)10(6)17/h5,9,19H,4H2,1-3H3,(H,18,22)(H,20,21). The summed E-state index contributed by atoms with van der Waals surface area (Å²) in [4.78, 5) is 23.2. The zero-order valence-corrected chi connectivity index (χ0v) is 17.4. The van der Waals surface area contributed by atoms with Crippen LogP contribution < -0.4 is 5.32 Å². The number of ether oxygens (including phenoxy) is 1. The van der Waals surface area contributed by atoms with Crippen molar-refractivity contribution in [1.29, 1.82) is 0 Å². The Morgan fingerprint density at radius 3 is 2.30 bits per heavy atom. The Hall–Kier alpha value is -0.800. The summed E-state index contributed by atoms with van der Waals surface area (Å²) in [5, 5.41) is 21.6. The first-order chi connectivity index (χ1) is 10.4. The number of aromatic hydroxyl groups is 1. The zero-order valence-electron chi connectivity index (χ0n) is 12.6. The normalized spacial score (nSPS) is 12.6. The number of benzene rings is 1. The average Bonchev–Trinajstić information content (AvgIpc) is 2.37. The number of hydrogen-bond acceptors (Lipinski definition) is 4. The van der Waals surface area contributed by atoms with E-state index in [0.717, 1.165) is 0 Å². The molecule has 1 amide bonds. The van der Waals surface area contributed by atoms with Crippen LogP contribution in [0.25, 0.3) is 0 Å². The molecule has 1 aromatic carbocycles. The first-order valence-corrected chi connectivity index (χ1v) is 8.88. The summed E-state index contributed by atoms with van der Waals surface area (Å²) in [6.45, 7) is 5.05. The minimum Gasteiger partial charge on any atom is -0.506 e. The molecule has 0 fully saturated rings. The SMILES string of the molecule is CC(C)(C)OC(=O)NC(Cc1c(Br)cc(Br)c(O)c1Br)C(=O)O. The van der Waals surface area contributed by atoms with Gasteiger partial charge in [0, 0.05) is 10.9 Å². The van der Waals surface area contributed by atoms with Crippen LogP contribution in [0.3, 0.4) is 0 Å². The molecule has 1 atom stereocenters.